The first-order valence-corrected chi connectivity index (χ1v) is 15.0. The second kappa shape index (κ2) is 10.2. The molecule has 27 heavy (non-hydrogen) atoms. The lowest BCUT2D eigenvalue weighted by Crippen LogP contribution is -2.18. The summed E-state index contributed by atoms with van der Waals surface area (Å²) in [5.74, 6) is 0. The Balaban J connectivity index is 0.000000239. The summed E-state index contributed by atoms with van der Waals surface area (Å²) in [4.78, 5) is 7.84. The number of H-pyrrole nitrogens is 2. The summed E-state index contributed by atoms with van der Waals surface area (Å²) in [6.45, 7) is 9.76. The largest absolute Gasteiger partial charge is 0.365 e. The molecule has 0 saturated carbocycles. The van der Waals surface area contributed by atoms with Crippen LogP contribution in [0.2, 0.25) is 0 Å². The number of hydrogen-bond acceptors (Lipinski definition) is 6. The zero-order valence-corrected chi connectivity index (χ0v) is 20.8. The fourth-order valence-electron chi connectivity index (χ4n) is 2.48. The van der Waals surface area contributed by atoms with Crippen LogP contribution >= 0.6 is 61.7 Å². The van der Waals surface area contributed by atoms with Crippen molar-refractivity contribution in [2.45, 2.75) is 71.6 Å². The van der Waals surface area contributed by atoms with Gasteiger partial charge in [-0.05, 0) is 52.1 Å². The van der Waals surface area contributed by atoms with Crippen molar-refractivity contribution in [3.05, 3.63) is 22.2 Å². The maximum absolute atomic E-state index is 5.42. The van der Waals surface area contributed by atoms with Crippen LogP contribution in [0.4, 0.5) is 0 Å². The van der Waals surface area contributed by atoms with Gasteiger partial charge in [-0.25, -0.2) is 9.97 Å². The predicted octanol–water partition coefficient (Wildman–Crippen LogP) is 4.64. The van der Waals surface area contributed by atoms with E-state index in [0.29, 0.717) is 21.8 Å². The second-order valence-corrected chi connectivity index (χ2v) is 7.39. The average Bonchev–Trinajstić information content (AvgIpc) is 3.17. The molecule has 2 aromatic rings. The average molecular weight is 640 g/mol. The summed E-state index contributed by atoms with van der Waals surface area (Å²) in [6.07, 6.45) is 3.84. The lowest BCUT2D eigenvalue weighted by molar-refractivity contribution is 0.277. The van der Waals surface area contributed by atoms with E-state index in [1.807, 2.05) is 9.36 Å². The maximum atomic E-state index is 5.42. The van der Waals surface area contributed by atoms with E-state index >= 15 is 0 Å². The van der Waals surface area contributed by atoms with Crippen LogP contribution in [0.1, 0.15) is 35.1 Å². The number of nitrogens with one attached hydrogen (secondary N) is 2. The van der Waals surface area contributed by atoms with Gasteiger partial charge in [0.1, 0.15) is 23.9 Å². The molecule has 0 aromatic carbocycles. The molecule has 2 aliphatic rings. The van der Waals surface area contributed by atoms with Gasteiger partial charge in [0.2, 0.25) is 9.54 Å². The molecule has 2 fully saturated rings. The molecule has 0 aliphatic carbocycles. The van der Waals surface area contributed by atoms with Crippen LogP contribution in [0.15, 0.2) is 12.7 Å². The number of hydrogen-bond donors (Lipinski definition) is 2. The van der Waals surface area contributed by atoms with Gasteiger partial charge in [-0.2, -0.15) is 0 Å². The van der Waals surface area contributed by atoms with E-state index in [0.717, 1.165) is 13.1 Å². The minimum Gasteiger partial charge on any atom is -0.365 e. The second-order valence-electron chi connectivity index (χ2n) is 6.66. The molecule has 2 aromatic heterocycles. The van der Waals surface area contributed by atoms with Crippen LogP contribution in [-0.2, 0) is 22.6 Å². The fourth-order valence-corrected chi connectivity index (χ4v) is 2.82. The van der Waals surface area contributed by atoms with Gasteiger partial charge in [0.25, 0.3) is 0 Å². The molecule has 0 bridgehead atoms. The number of ether oxygens (including phenoxy) is 2. The minimum atomic E-state index is -0.0508. The lowest BCUT2D eigenvalue weighted by Gasteiger charge is -2.05. The lowest BCUT2D eigenvalue weighted by atomic mass is 10.1. The summed E-state index contributed by atoms with van der Waals surface area (Å²) < 4.78 is 15.6. The fraction of sp³-hybridized carbons (Fsp3) is 0.733. The standard InChI is InChI=1S/2C7H11N3OS.CH4.I2/c2*1-5-7(2,11-5)3-10-6(12)8-4-9-10;;1-2/h2*4-5H,3H2,1-2H3,(H,8,9,12);1H4;. The highest BCUT2D eigenvalue weighted by Gasteiger charge is 2.49. The first-order valence-electron chi connectivity index (χ1n) is 7.94. The van der Waals surface area contributed by atoms with Crippen molar-refractivity contribution in [3.63, 3.8) is 0 Å². The van der Waals surface area contributed by atoms with Gasteiger partial charge in [0.05, 0.1) is 25.3 Å². The Labute approximate surface area is 193 Å². The highest BCUT2D eigenvalue weighted by Crippen LogP contribution is 2.37. The van der Waals surface area contributed by atoms with Gasteiger partial charge >= 0.3 is 0 Å². The topological polar surface area (TPSA) is 92.3 Å². The third kappa shape index (κ3) is 6.55. The molecule has 4 heterocycles. The molecule has 2 N–H and O–H groups in total. The van der Waals surface area contributed by atoms with Gasteiger partial charge in [-0.1, -0.05) is 7.43 Å². The number of epoxide rings is 2. The van der Waals surface area contributed by atoms with E-state index < -0.39 is 0 Å². The smallest absolute Gasteiger partial charge is 0.215 e. The van der Waals surface area contributed by atoms with Crippen LogP contribution < -0.4 is 0 Å². The molecule has 4 rings (SSSR count). The molecular formula is C15H26I2N6O2S2. The number of nitrogens with zero attached hydrogens (tertiary/aromatic N) is 4. The summed E-state index contributed by atoms with van der Waals surface area (Å²) in [6, 6.07) is 0. The third-order valence-corrected chi connectivity index (χ3v) is 5.33. The Bertz CT molecular complexity index is 768. The van der Waals surface area contributed by atoms with Crippen molar-refractivity contribution in [2.24, 2.45) is 0 Å². The number of rotatable bonds is 4. The third-order valence-electron chi connectivity index (χ3n) is 4.68. The highest BCUT2D eigenvalue weighted by atomic mass is 128. The minimum absolute atomic E-state index is 0. The van der Waals surface area contributed by atoms with E-state index in [1.165, 1.54) is 0 Å². The number of halogens is 2. The number of aromatic nitrogens is 6. The van der Waals surface area contributed by atoms with E-state index in [1.54, 1.807) is 12.7 Å². The van der Waals surface area contributed by atoms with E-state index in [4.69, 9.17) is 33.9 Å². The van der Waals surface area contributed by atoms with Gasteiger partial charge in [0, 0.05) is 37.2 Å². The monoisotopic (exact) mass is 640 g/mol. The summed E-state index contributed by atoms with van der Waals surface area (Å²) in [5, 5.41) is 5.89. The Kier molecular flexibility index (Phi) is 9.52. The molecule has 4 atom stereocenters. The predicted molar refractivity (Wildman–Crippen MR) is 127 cm³/mol. The van der Waals surface area contributed by atoms with Crippen molar-refractivity contribution in [3.8, 4) is 0 Å². The highest BCUT2D eigenvalue weighted by molar-refractivity contribution is 15.0. The zero-order chi connectivity index (χ0) is 19.5. The number of aromatic amines is 2. The molecule has 0 spiro atoms. The molecule has 2 aliphatic heterocycles. The molecule has 4 unspecified atom stereocenters. The van der Waals surface area contributed by atoms with Crippen molar-refractivity contribution in [1.29, 1.82) is 0 Å². The Hall–Kier alpha value is 0.1000. The summed E-state index contributed by atoms with van der Waals surface area (Å²) >= 11 is 14.2. The Morgan fingerprint density at radius 2 is 1.26 bits per heavy atom. The quantitative estimate of drug-likeness (QED) is 0.288. The van der Waals surface area contributed by atoms with Crippen LogP contribution in [0.5, 0.6) is 0 Å². The molecule has 8 nitrogen and oxygen atoms in total. The Morgan fingerprint density at radius 1 is 0.963 bits per heavy atom. The van der Waals surface area contributed by atoms with Crippen molar-refractivity contribution in [1.82, 2.24) is 29.5 Å². The van der Waals surface area contributed by atoms with Crippen LogP contribution in [0.25, 0.3) is 0 Å². The molecule has 154 valence electrons. The van der Waals surface area contributed by atoms with E-state index in [9.17, 15) is 0 Å². The summed E-state index contributed by atoms with van der Waals surface area (Å²) in [7, 11) is 0. The van der Waals surface area contributed by atoms with Crippen LogP contribution in [-0.4, -0.2) is 52.9 Å². The van der Waals surface area contributed by atoms with Crippen LogP contribution in [0.3, 0.4) is 0 Å². The van der Waals surface area contributed by atoms with Gasteiger partial charge in [-0.15, -0.1) is 0 Å². The molecule has 12 heteroatoms. The van der Waals surface area contributed by atoms with Gasteiger partial charge in [-0.3, -0.25) is 19.6 Å². The Morgan fingerprint density at radius 3 is 1.44 bits per heavy atom. The van der Waals surface area contributed by atoms with Crippen LogP contribution in [0, 0.1) is 9.54 Å². The molecule has 2 saturated heterocycles. The van der Waals surface area contributed by atoms with E-state index in [-0.39, 0.29) is 18.6 Å². The molecule has 0 amide bonds. The van der Waals surface area contributed by atoms with Crippen molar-refractivity contribution in [2.75, 3.05) is 0 Å². The maximum Gasteiger partial charge on any atom is 0.215 e. The first-order chi connectivity index (χ1) is 12.2. The normalized spacial score (nSPS) is 30.1. The SMILES string of the molecule is C.CC1OC1(C)Cn1[nH]cnc1=S.CC1OC1(C)Cn1[nH]cnc1=S.II. The molecule has 0 radical (unpaired) electrons. The van der Waals surface area contributed by atoms with Gasteiger partial charge < -0.3 is 9.47 Å². The molecular weight excluding hydrogens is 614 g/mol. The van der Waals surface area contributed by atoms with Gasteiger partial charge in [0.15, 0.2) is 0 Å². The van der Waals surface area contributed by atoms with E-state index in [2.05, 4.69) is 85.1 Å². The summed E-state index contributed by atoms with van der Waals surface area (Å²) in [5.41, 5.74) is -0.102. The van der Waals surface area contributed by atoms with Crippen molar-refractivity contribution < 1.29 is 9.47 Å². The zero-order valence-electron chi connectivity index (χ0n) is 14.9. The first kappa shape index (κ1) is 25.1. The van der Waals surface area contributed by atoms with Crippen molar-refractivity contribution >= 4 is 61.7 Å².